The molecule has 2 saturated heterocycles. The number of carboxylic acids is 1. The van der Waals surface area contributed by atoms with Gasteiger partial charge in [0.15, 0.2) is 0 Å². The number of carbonyl (C=O) groups is 6. The van der Waals surface area contributed by atoms with E-state index < -0.39 is 81.4 Å². The molecule has 19 heteroatoms. The summed E-state index contributed by atoms with van der Waals surface area (Å²) in [5.74, 6) is -4.54. The predicted molar refractivity (Wildman–Crippen MR) is 260 cm³/mol. The molecule has 0 radical (unpaired) electrons. The molecule has 2 aliphatic heterocycles. The standard InChI is InChI=1S/C49H81N7O11S/c1-13-31(6)43(54(10)48(61)41(29(2)3)51-47(60)42(30(4)5)53(8)9)39(66-11)28-40(57)56-24-14-15-38(56)44(67-12)32(7)45(58)50-37(46(59)52-68(64,65)36-20-21-36)27-33-16-18-35(19-17-33)55-25-22-34(23-26-55)49(62)63/h16-19,29-32,34,36-39,41-44H,13-15,20-28H2,1-12H3,(H,50,58)(H,51,60)(H,52,59)(H,62,63)/t31-,32+,37-,38-,39+,41-,42?,43-,44+/m0/s1. The van der Waals surface area contributed by atoms with Crippen molar-refractivity contribution in [2.45, 2.75) is 154 Å². The van der Waals surface area contributed by atoms with E-state index >= 15 is 0 Å². The molecule has 0 aromatic heterocycles. The molecule has 1 aromatic carbocycles. The number of benzene rings is 1. The Bertz CT molecular complexity index is 1980. The highest BCUT2D eigenvalue weighted by Crippen LogP contribution is 2.31. The van der Waals surface area contributed by atoms with Gasteiger partial charge in [-0.3, -0.25) is 38.4 Å². The molecule has 68 heavy (non-hydrogen) atoms. The van der Waals surface area contributed by atoms with Crippen LogP contribution in [0.3, 0.4) is 0 Å². The van der Waals surface area contributed by atoms with Crippen LogP contribution in [0.25, 0.3) is 0 Å². The van der Waals surface area contributed by atoms with Crippen molar-refractivity contribution < 1.29 is 51.8 Å². The quantitative estimate of drug-likeness (QED) is 0.111. The minimum atomic E-state index is -3.94. The number of nitrogens with zero attached hydrogens (tertiary/aromatic N) is 4. The van der Waals surface area contributed by atoms with Gasteiger partial charge >= 0.3 is 5.97 Å². The first-order chi connectivity index (χ1) is 32.0. The number of methoxy groups -OCH3 is 2. The molecule has 0 bridgehead atoms. The highest BCUT2D eigenvalue weighted by molar-refractivity contribution is 7.90. The Kier molecular flexibility index (Phi) is 20.7. The Hall–Kier alpha value is -4.33. The van der Waals surface area contributed by atoms with E-state index in [1.807, 2.05) is 84.8 Å². The molecule has 1 unspecified atom stereocenters. The van der Waals surface area contributed by atoms with Crippen molar-refractivity contribution in [3.63, 3.8) is 0 Å². The van der Waals surface area contributed by atoms with E-state index in [1.165, 1.54) is 14.2 Å². The predicted octanol–water partition coefficient (Wildman–Crippen LogP) is 3.27. The zero-order valence-electron chi connectivity index (χ0n) is 42.5. The SMILES string of the molecule is CC[C@H](C)[C@@H]([C@@H](CC(=O)N1CCC[C@H]1[C@H](OC)[C@@H](C)C(=O)N[C@@H](Cc1ccc(N2CCC(C(=O)O)CC2)cc1)C(=O)NS(=O)(=O)C1CC1)OC)N(C)C(=O)[C@@H](NC(=O)C(C(C)C)N(C)C)C(C)C. The van der Waals surface area contributed by atoms with Gasteiger partial charge in [0.05, 0.1) is 53.8 Å². The van der Waals surface area contributed by atoms with Crippen LogP contribution in [-0.2, 0) is 54.7 Å². The number of hydrogen-bond acceptors (Lipinski definition) is 12. The highest BCUT2D eigenvalue weighted by atomic mass is 32.2. The van der Waals surface area contributed by atoms with E-state index in [9.17, 15) is 42.3 Å². The van der Waals surface area contributed by atoms with Crippen molar-refractivity contribution in [3.05, 3.63) is 29.8 Å². The van der Waals surface area contributed by atoms with Gasteiger partial charge in [0.1, 0.15) is 12.1 Å². The van der Waals surface area contributed by atoms with Crippen LogP contribution in [0.4, 0.5) is 5.69 Å². The summed E-state index contributed by atoms with van der Waals surface area (Å²) in [4.78, 5) is 89.0. The van der Waals surface area contributed by atoms with Crippen LogP contribution >= 0.6 is 0 Å². The average Bonchev–Trinajstić information content (AvgIpc) is 4.05. The molecule has 3 fully saturated rings. The van der Waals surface area contributed by atoms with Crippen LogP contribution in [0, 0.1) is 29.6 Å². The Morgan fingerprint density at radius 2 is 1.43 bits per heavy atom. The smallest absolute Gasteiger partial charge is 0.306 e. The summed E-state index contributed by atoms with van der Waals surface area (Å²) >= 11 is 0. The third-order valence-electron chi connectivity index (χ3n) is 14.4. The number of carbonyl (C=O) groups excluding carboxylic acids is 5. The fraction of sp³-hybridized carbons (Fsp3) is 0.755. The van der Waals surface area contributed by atoms with Gasteiger partial charge in [0, 0.05) is 53.0 Å². The molecule has 2 heterocycles. The molecule has 4 rings (SSSR count). The lowest BCUT2D eigenvalue weighted by Gasteiger charge is -2.41. The van der Waals surface area contributed by atoms with Crippen LogP contribution in [-0.4, -0.2) is 166 Å². The molecule has 1 aliphatic carbocycles. The second kappa shape index (κ2) is 25.0. The molecule has 1 aromatic rings. The fourth-order valence-electron chi connectivity index (χ4n) is 10.1. The van der Waals surface area contributed by atoms with Gasteiger partial charge in [-0.25, -0.2) is 8.42 Å². The maximum atomic E-state index is 14.5. The summed E-state index contributed by atoms with van der Waals surface area (Å²) in [7, 11) is 4.42. The number of sulfonamides is 1. The third kappa shape index (κ3) is 14.4. The number of likely N-dealkylation sites (tertiary alicyclic amines) is 1. The zero-order chi connectivity index (χ0) is 50.8. The number of aliphatic carboxylic acids is 1. The normalized spacial score (nSPS) is 20.5. The second-order valence-corrected chi connectivity index (χ2v) is 22.2. The van der Waals surface area contributed by atoms with E-state index in [4.69, 9.17) is 9.47 Å². The number of anilines is 1. The van der Waals surface area contributed by atoms with Crippen molar-refractivity contribution in [1.29, 1.82) is 0 Å². The van der Waals surface area contributed by atoms with Crippen molar-refractivity contribution in [3.8, 4) is 0 Å². The summed E-state index contributed by atoms with van der Waals surface area (Å²) < 4.78 is 40.1. The van der Waals surface area contributed by atoms with E-state index in [0.717, 1.165) is 5.69 Å². The summed E-state index contributed by atoms with van der Waals surface area (Å²) in [6, 6.07) is 3.80. The van der Waals surface area contributed by atoms with Gasteiger partial charge in [0.2, 0.25) is 33.7 Å². The number of carboxylic acid groups (broad SMARTS) is 1. The van der Waals surface area contributed by atoms with Gasteiger partial charge in [0.25, 0.3) is 5.91 Å². The molecule has 9 atom stereocenters. The summed E-state index contributed by atoms with van der Waals surface area (Å²) in [5.41, 5.74) is 1.56. The van der Waals surface area contributed by atoms with Crippen molar-refractivity contribution in [2.75, 3.05) is 59.9 Å². The first kappa shape index (κ1) is 56.3. The maximum absolute atomic E-state index is 14.5. The summed E-state index contributed by atoms with van der Waals surface area (Å²) in [5, 5.41) is 14.6. The Morgan fingerprint density at radius 3 is 1.93 bits per heavy atom. The van der Waals surface area contributed by atoms with Crippen molar-refractivity contribution >= 4 is 51.2 Å². The summed E-state index contributed by atoms with van der Waals surface area (Å²) in [6.45, 7) is 14.9. The molecule has 384 valence electrons. The monoisotopic (exact) mass is 976 g/mol. The van der Waals surface area contributed by atoms with Crippen molar-refractivity contribution in [2.24, 2.45) is 29.6 Å². The number of likely N-dealkylation sites (N-methyl/N-ethyl adjacent to an activating group) is 2. The number of nitrogens with one attached hydrogen (secondary N) is 3. The van der Waals surface area contributed by atoms with Crippen molar-refractivity contribution in [1.82, 2.24) is 30.1 Å². The topological polar surface area (TPSA) is 224 Å². The van der Waals surface area contributed by atoms with E-state index in [-0.39, 0.29) is 54.2 Å². The van der Waals surface area contributed by atoms with Crippen LogP contribution in [0.15, 0.2) is 24.3 Å². The number of piperidine rings is 1. The highest BCUT2D eigenvalue weighted by Gasteiger charge is 2.44. The van der Waals surface area contributed by atoms with Crippen LogP contribution in [0.5, 0.6) is 0 Å². The van der Waals surface area contributed by atoms with Gasteiger partial charge in [-0.2, -0.15) is 0 Å². The Morgan fingerprint density at radius 1 is 0.809 bits per heavy atom. The van der Waals surface area contributed by atoms with Gasteiger partial charge in [-0.15, -0.1) is 0 Å². The number of hydrogen-bond donors (Lipinski definition) is 4. The van der Waals surface area contributed by atoms with Crippen LogP contribution in [0.1, 0.15) is 105 Å². The van der Waals surface area contributed by atoms with Gasteiger partial charge in [-0.1, -0.05) is 67.0 Å². The minimum absolute atomic E-state index is 0.00673. The van der Waals surface area contributed by atoms with E-state index in [0.29, 0.717) is 70.1 Å². The molecule has 4 N–H and O–H groups in total. The lowest BCUT2D eigenvalue weighted by Crippen LogP contribution is -2.59. The first-order valence-corrected chi connectivity index (χ1v) is 26.0. The molecule has 3 aliphatic rings. The lowest BCUT2D eigenvalue weighted by molar-refractivity contribution is -0.148. The molecule has 5 amide bonds. The molecular formula is C49H81N7O11S. The molecule has 1 saturated carbocycles. The largest absolute Gasteiger partial charge is 0.481 e. The van der Waals surface area contributed by atoms with Gasteiger partial charge in [-0.05, 0) is 88.1 Å². The number of amides is 5. The Balaban J connectivity index is 1.50. The lowest BCUT2D eigenvalue weighted by atomic mass is 9.89. The van der Waals surface area contributed by atoms with Crippen LogP contribution < -0.4 is 20.3 Å². The second-order valence-electron chi connectivity index (χ2n) is 20.2. The first-order valence-electron chi connectivity index (χ1n) is 24.5. The van der Waals surface area contributed by atoms with E-state index in [2.05, 4.69) is 20.3 Å². The summed E-state index contributed by atoms with van der Waals surface area (Å²) in [6.07, 6.45) is 2.22. The molecular weight excluding hydrogens is 895 g/mol. The minimum Gasteiger partial charge on any atom is -0.481 e. The molecule has 18 nitrogen and oxygen atoms in total. The van der Waals surface area contributed by atoms with E-state index in [1.54, 1.807) is 23.8 Å². The van der Waals surface area contributed by atoms with Crippen LogP contribution in [0.2, 0.25) is 0 Å². The maximum Gasteiger partial charge on any atom is 0.306 e. The molecule has 0 spiro atoms. The van der Waals surface area contributed by atoms with Gasteiger partial charge < -0.3 is 39.9 Å². The fourth-order valence-corrected chi connectivity index (χ4v) is 11.4. The average molecular weight is 976 g/mol. The Labute approximate surface area is 405 Å². The zero-order valence-corrected chi connectivity index (χ0v) is 43.3. The third-order valence-corrected chi connectivity index (χ3v) is 16.2. The number of ether oxygens (including phenoxy) is 2. The number of rotatable bonds is 25.